The zero-order chi connectivity index (χ0) is 27.9. The van der Waals surface area contributed by atoms with Gasteiger partial charge in [-0.25, -0.2) is 4.98 Å². The summed E-state index contributed by atoms with van der Waals surface area (Å²) in [5.41, 5.74) is 9.90. The lowest BCUT2D eigenvalue weighted by molar-refractivity contribution is 1.33. The minimum atomic E-state index is 0.971. The first-order chi connectivity index (χ1) is 20.8. The molecule has 6 aromatic carbocycles. The number of aromatic nitrogens is 2. The monoisotopic (exact) mass is 534 g/mol. The van der Waals surface area contributed by atoms with E-state index in [9.17, 15) is 0 Å². The van der Waals surface area contributed by atoms with Crippen LogP contribution in [0, 0.1) is 0 Å². The highest BCUT2D eigenvalue weighted by Gasteiger charge is 2.13. The lowest BCUT2D eigenvalue weighted by atomic mass is 9.94. The third-order valence-electron chi connectivity index (χ3n) is 8.11. The Bertz CT molecular complexity index is 2140. The molecule has 0 saturated carbocycles. The fourth-order valence-corrected chi connectivity index (χ4v) is 5.98. The topological polar surface area (TPSA) is 25.8 Å². The number of fused-ring (bicyclic) bond motifs is 3. The first kappa shape index (κ1) is 24.2. The van der Waals surface area contributed by atoms with Gasteiger partial charge in [-0.15, -0.1) is 0 Å². The molecule has 196 valence electrons. The van der Waals surface area contributed by atoms with E-state index in [0.717, 1.165) is 44.5 Å². The van der Waals surface area contributed by atoms with E-state index in [-0.39, 0.29) is 0 Å². The largest absolute Gasteiger partial charge is 0.256 e. The van der Waals surface area contributed by atoms with Gasteiger partial charge in [-0.2, -0.15) is 0 Å². The summed E-state index contributed by atoms with van der Waals surface area (Å²) in [5, 5.41) is 5.98. The van der Waals surface area contributed by atoms with E-state index in [1.807, 2.05) is 12.3 Å². The number of hydrogen-bond donors (Lipinski definition) is 0. The first-order valence-electron chi connectivity index (χ1n) is 14.2. The molecular formula is C40H26N2. The SMILES string of the molecule is c1cnc2ccc(-c3ccc(-c4cc(-c5cccc6ccccc56)nc(-c5cccc6ccccc56)c4)cc3)cc2c1. The Balaban J connectivity index is 1.29. The van der Waals surface area contributed by atoms with Crippen molar-refractivity contribution in [3.8, 4) is 44.8 Å². The number of pyridine rings is 2. The van der Waals surface area contributed by atoms with Crippen LogP contribution in [0.1, 0.15) is 0 Å². The molecule has 0 unspecified atom stereocenters. The van der Waals surface area contributed by atoms with Gasteiger partial charge >= 0.3 is 0 Å². The average molecular weight is 535 g/mol. The van der Waals surface area contributed by atoms with Crippen LogP contribution in [0.25, 0.3) is 77.2 Å². The number of hydrogen-bond acceptors (Lipinski definition) is 2. The van der Waals surface area contributed by atoms with Crippen molar-refractivity contribution in [1.29, 1.82) is 0 Å². The van der Waals surface area contributed by atoms with E-state index < -0.39 is 0 Å². The minimum Gasteiger partial charge on any atom is -0.256 e. The van der Waals surface area contributed by atoms with Gasteiger partial charge in [0.05, 0.1) is 16.9 Å². The molecule has 2 heteroatoms. The zero-order valence-corrected chi connectivity index (χ0v) is 22.9. The number of rotatable bonds is 4. The van der Waals surface area contributed by atoms with Crippen LogP contribution in [0.5, 0.6) is 0 Å². The molecule has 2 nitrogen and oxygen atoms in total. The third kappa shape index (κ3) is 4.31. The van der Waals surface area contributed by atoms with Gasteiger partial charge < -0.3 is 0 Å². The fraction of sp³-hybridized carbons (Fsp3) is 0. The summed E-state index contributed by atoms with van der Waals surface area (Å²) in [6.07, 6.45) is 1.84. The minimum absolute atomic E-state index is 0.971. The van der Waals surface area contributed by atoms with Crippen molar-refractivity contribution in [3.63, 3.8) is 0 Å². The molecule has 0 aliphatic carbocycles. The smallest absolute Gasteiger partial charge is 0.0721 e. The fourth-order valence-electron chi connectivity index (χ4n) is 5.98. The highest BCUT2D eigenvalue weighted by molar-refractivity contribution is 5.99. The highest BCUT2D eigenvalue weighted by atomic mass is 14.7. The maximum absolute atomic E-state index is 5.29. The molecule has 0 aliphatic heterocycles. The van der Waals surface area contributed by atoms with Gasteiger partial charge in [0.2, 0.25) is 0 Å². The zero-order valence-electron chi connectivity index (χ0n) is 22.9. The lowest BCUT2D eigenvalue weighted by Crippen LogP contribution is -1.93. The van der Waals surface area contributed by atoms with Crippen LogP contribution >= 0.6 is 0 Å². The van der Waals surface area contributed by atoms with Gasteiger partial charge in [0, 0.05) is 22.7 Å². The molecular weight excluding hydrogens is 508 g/mol. The molecule has 0 aliphatic rings. The van der Waals surface area contributed by atoms with Crippen LogP contribution in [-0.2, 0) is 0 Å². The van der Waals surface area contributed by atoms with E-state index in [1.165, 1.54) is 32.7 Å². The standard InChI is InChI=1S/C40H26N2/c1-3-13-34-29(8-1)10-5-15-36(34)39-25-33(26-40(42-39)37-16-6-11-30-9-2-4-14-35(30)37)28-19-17-27(18-20-28)31-21-22-38-32(24-31)12-7-23-41-38/h1-26H. The van der Waals surface area contributed by atoms with Crippen LogP contribution in [0.2, 0.25) is 0 Å². The molecule has 0 saturated heterocycles. The van der Waals surface area contributed by atoms with Crippen LogP contribution in [0.4, 0.5) is 0 Å². The Kier molecular flexibility index (Phi) is 5.82. The molecule has 0 N–H and O–H groups in total. The molecule has 0 bridgehead atoms. The third-order valence-corrected chi connectivity index (χ3v) is 8.11. The maximum Gasteiger partial charge on any atom is 0.0721 e. The van der Waals surface area contributed by atoms with E-state index in [1.54, 1.807) is 0 Å². The van der Waals surface area contributed by atoms with E-state index in [2.05, 4.69) is 151 Å². The summed E-state index contributed by atoms with van der Waals surface area (Å²) in [4.78, 5) is 9.76. The first-order valence-corrected chi connectivity index (χ1v) is 14.2. The second-order valence-corrected chi connectivity index (χ2v) is 10.7. The molecule has 2 aromatic heterocycles. The van der Waals surface area contributed by atoms with Gasteiger partial charge in [0.15, 0.2) is 0 Å². The second-order valence-electron chi connectivity index (χ2n) is 10.7. The Morgan fingerprint density at radius 3 is 1.52 bits per heavy atom. The van der Waals surface area contributed by atoms with E-state index >= 15 is 0 Å². The van der Waals surface area contributed by atoms with E-state index in [0.29, 0.717) is 0 Å². The molecule has 2 heterocycles. The van der Waals surface area contributed by atoms with Crippen molar-refractivity contribution in [2.45, 2.75) is 0 Å². The normalized spacial score (nSPS) is 11.3. The van der Waals surface area contributed by atoms with Gasteiger partial charge in [-0.3, -0.25) is 4.98 Å². The van der Waals surface area contributed by atoms with Crippen LogP contribution in [0.3, 0.4) is 0 Å². The molecule has 0 spiro atoms. The Morgan fingerprint density at radius 2 is 0.881 bits per heavy atom. The van der Waals surface area contributed by atoms with Crippen molar-refractivity contribution in [2.24, 2.45) is 0 Å². The Morgan fingerprint density at radius 1 is 0.357 bits per heavy atom. The van der Waals surface area contributed by atoms with Crippen molar-refractivity contribution >= 4 is 32.4 Å². The summed E-state index contributed by atoms with van der Waals surface area (Å²) in [7, 11) is 0. The van der Waals surface area contributed by atoms with Gasteiger partial charge in [0.25, 0.3) is 0 Å². The summed E-state index contributed by atoms with van der Waals surface area (Å²) >= 11 is 0. The van der Waals surface area contributed by atoms with Crippen LogP contribution < -0.4 is 0 Å². The Hall–Kier alpha value is -5.60. The lowest BCUT2D eigenvalue weighted by Gasteiger charge is -2.14. The molecule has 0 amide bonds. The quantitative estimate of drug-likeness (QED) is 0.224. The second kappa shape index (κ2) is 10.1. The van der Waals surface area contributed by atoms with E-state index in [4.69, 9.17) is 4.98 Å². The van der Waals surface area contributed by atoms with Crippen molar-refractivity contribution < 1.29 is 0 Å². The highest BCUT2D eigenvalue weighted by Crippen LogP contribution is 2.36. The average Bonchev–Trinajstić information content (AvgIpc) is 3.07. The van der Waals surface area contributed by atoms with Gasteiger partial charge in [-0.05, 0) is 74.1 Å². The van der Waals surface area contributed by atoms with Crippen molar-refractivity contribution in [1.82, 2.24) is 9.97 Å². The van der Waals surface area contributed by atoms with Crippen LogP contribution in [0.15, 0.2) is 158 Å². The molecule has 0 atom stereocenters. The van der Waals surface area contributed by atoms with Crippen LogP contribution in [-0.4, -0.2) is 9.97 Å². The molecule has 0 radical (unpaired) electrons. The molecule has 8 aromatic rings. The molecule has 0 fully saturated rings. The summed E-state index contributed by atoms with van der Waals surface area (Å²) < 4.78 is 0. The summed E-state index contributed by atoms with van der Waals surface area (Å²) in [5.74, 6) is 0. The summed E-state index contributed by atoms with van der Waals surface area (Å²) in [6.45, 7) is 0. The summed E-state index contributed by atoms with van der Waals surface area (Å²) in [6, 6.07) is 53.9. The molecule has 8 rings (SSSR count). The number of benzene rings is 6. The molecule has 42 heavy (non-hydrogen) atoms. The Labute approximate surface area is 244 Å². The van der Waals surface area contributed by atoms with Crippen molar-refractivity contribution in [3.05, 3.63) is 158 Å². The maximum atomic E-state index is 5.29. The number of nitrogens with zero attached hydrogens (tertiary/aromatic N) is 2. The predicted octanol–water partition coefficient (Wildman–Crippen LogP) is 10.6. The van der Waals surface area contributed by atoms with Gasteiger partial charge in [0.1, 0.15) is 0 Å². The predicted molar refractivity (Wildman–Crippen MR) is 176 cm³/mol. The van der Waals surface area contributed by atoms with Gasteiger partial charge in [-0.1, -0.05) is 121 Å². The van der Waals surface area contributed by atoms with Crippen molar-refractivity contribution in [2.75, 3.05) is 0 Å².